The molecule has 1 aromatic carbocycles. The van der Waals surface area contributed by atoms with Gasteiger partial charge in [0.1, 0.15) is 22.3 Å². The monoisotopic (exact) mass is 379 g/mol. The SMILES string of the molecule is CC(C)Sc1c(N(C=O)c2ccc(F)cc2F)c(C(F)(F)F)nn1C. The van der Waals surface area contributed by atoms with E-state index in [0.29, 0.717) is 11.0 Å². The summed E-state index contributed by atoms with van der Waals surface area (Å²) in [6.45, 7) is 3.50. The van der Waals surface area contributed by atoms with Gasteiger partial charge in [-0.15, -0.1) is 11.8 Å². The van der Waals surface area contributed by atoms with Crippen LogP contribution in [0.3, 0.4) is 0 Å². The van der Waals surface area contributed by atoms with Crippen molar-refractivity contribution in [1.82, 2.24) is 9.78 Å². The van der Waals surface area contributed by atoms with E-state index >= 15 is 0 Å². The second-order valence-electron chi connectivity index (χ2n) is 5.36. The zero-order valence-electron chi connectivity index (χ0n) is 13.4. The molecule has 2 rings (SSSR count). The maximum Gasteiger partial charge on any atom is 0.437 e. The van der Waals surface area contributed by atoms with Crippen molar-refractivity contribution >= 4 is 29.5 Å². The number of carbonyl (C=O) groups is 1. The first kappa shape index (κ1) is 19.2. The number of amides is 1. The van der Waals surface area contributed by atoms with E-state index in [1.807, 2.05) is 0 Å². The molecule has 0 radical (unpaired) electrons. The molecule has 10 heteroatoms. The number of hydrogen-bond donors (Lipinski definition) is 0. The van der Waals surface area contributed by atoms with Gasteiger partial charge in [0.15, 0.2) is 5.69 Å². The normalized spacial score (nSPS) is 11.9. The van der Waals surface area contributed by atoms with Gasteiger partial charge in [-0.25, -0.2) is 8.78 Å². The predicted octanol–water partition coefficient (Wildman–Crippen LogP) is 4.51. The summed E-state index contributed by atoms with van der Waals surface area (Å²) in [5.41, 5.74) is -2.41. The van der Waals surface area contributed by atoms with Gasteiger partial charge in [-0.1, -0.05) is 13.8 Å². The van der Waals surface area contributed by atoms with Crippen LogP contribution in [-0.2, 0) is 18.0 Å². The maximum atomic E-state index is 14.0. The fourth-order valence-corrected chi connectivity index (χ4v) is 3.11. The molecule has 0 aliphatic rings. The van der Waals surface area contributed by atoms with Crippen LogP contribution in [0.2, 0.25) is 0 Å². The van der Waals surface area contributed by atoms with Crippen LogP contribution in [0.25, 0.3) is 0 Å². The van der Waals surface area contributed by atoms with Crippen molar-refractivity contribution in [2.24, 2.45) is 7.05 Å². The fraction of sp³-hybridized carbons (Fsp3) is 0.333. The molecule has 2 aromatic rings. The van der Waals surface area contributed by atoms with Crippen molar-refractivity contribution in [3.05, 3.63) is 35.5 Å². The third-order valence-corrected chi connectivity index (χ3v) is 4.25. The molecule has 0 aliphatic heterocycles. The second-order valence-corrected chi connectivity index (χ2v) is 6.93. The highest BCUT2D eigenvalue weighted by Gasteiger charge is 2.41. The average molecular weight is 379 g/mol. The van der Waals surface area contributed by atoms with Crippen molar-refractivity contribution in [2.75, 3.05) is 4.90 Å². The van der Waals surface area contributed by atoms with E-state index in [4.69, 9.17) is 0 Å². The highest BCUT2D eigenvalue weighted by molar-refractivity contribution is 8.00. The van der Waals surface area contributed by atoms with Crippen LogP contribution >= 0.6 is 11.8 Å². The van der Waals surface area contributed by atoms with E-state index in [2.05, 4.69) is 5.10 Å². The van der Waals surface area contributed by atoms with Crippen molar-refractivity contribution in [1.29, 1.82) is 0 Å². The number of rotatable bonds is 5. The molecule has 0 saturated heterocycles. The number of aromatic nitrogens is 2. The number of anilines is 2. The topological polar surface area (TPSA) is 38.1 Å². The lowest BCUT2D eigenvalue weighted by molar-refractivity contribution is -0.140. The number of alkyl halides is 3. The van der Waals surface area contributed by atoms with Gasteiger partial charge in [0.25, 0.3) is 0 Å². The van der Waals surface area contributed by atoms with Crippen molar-refractivity contribution in [3.8, 4) is 0 Å². The summed E-state index contributed by atoms with van der Waals surface area (Å²) < 4.78 is 68.3. The van der Waals surface area contributed by atoms with Crippen LogP contribution < -0.4 is 4.90 Å². The van der Waals surface area contributed by atoms with Crippen molar-refractivity contribution in [3.63, 3.8) is 0 Å². The Morgan fingerprint density at radius 2 is 1.92 bits per heavy atom. The molecule has 136 valence electrons. The lowest BCUT2D eigenvalue weighted by Crippen LogP contribution is -2.20. The molecule has 0 fully saturated rings. The van der Waals surface area contributed by atoms with E-state index in [9.17, 15) is 26.7 Å². The lowest BCUT2D eigenvalue weighted by Gasteiger charge is -2.21. The van der Waals surface area contributed by atoms with E-state index in [1.165, 1.54) is 7.05 Å². The largest absolute Gasteiger partial charge is 0.437 e. The Bertz CT molecular complexity index is 788. The molecule has 0 spiro atoms. The second kappa shape index (κ2) is 7.03. The molecule has 0 aliphatic carbocycles. The molecule has 0 saturated carbocycles. The first-order chi connectivity index (χ1) is 11.6. The lowest BCUT2D eigenvalue weighted by atomic mass is 10.2. The minimum absolute atomic E-state index is 0.0400. The molecule has 25 heavy (non-hydrogen) atoms. The Morgan fingerprint density at radius 1 is 1.28 bits per heavy atom. The van der Waals surface area contributed by atoms with Crippen LogP contribution in [0.15, 0.2) is 23.2 Å². The summed E-state index contributed by atoms with van der Waals surface area (Å²) in [6, 6.07) is 2.24. The maximum absolute atomic E-state index is 14.0. The first-order valence-corrected chi connectivity index (χ1v) is 7.94. The van der Waals surface area contributed by atoms with Gasteiger partial charge in [0.2, 0.25) is 6.41 Å². The Balaban J connectivity index is 2.74. The smallest absolute Gasteiger partial charge is 0.278 e. The predicted molar refractivity (Wildman–Crippen MR) is 83.8 cm³/mol. The standard InChI is InChI=1S/C15H14F5N3OS/c1-8(2)25-14-12(13(15(18,19)20)21-22(14)3)23(7-24)11-5-4-9(16)6-10(11)17/h4-8H,1-3H3. The summed E-state index contributed by atoms with van der Waals surface area (Å²) in [4.78, 5) is 12.0. The Hall–Kier alpha value is -2.10. The molecule has 1 aromatic heterocycles. The number of benzene rings is 1. The molecular formula is C15H14F5N3OS. The van der Waals surface area contributed by atoms with E-state index < -0.39 is 34.9 Å². The molecule has 1 amide bonds. The number of carbonyl (C=O) groups excluding carboxylic acids is 1. The van der Waals surface area contributed by atoms with Crippen LogP contribution in [0.1, 0.15) is 19.5 Å². The number of aryl methyl sites for hydroxylation is 1. The van der Waals surface area contributed by atoms with E-state index in [1.54, 1.807) is 13.8 Å². The van der Waals surface area contributed by atoms with Gasteiger partial charge in [0, 0.05) is 18.4 Å². The molecule has 0 bridgehead atoms. The summed E-state index contributed by atoms with van der Waals surface area (Å²) in [6.07, 6.45) is -4.81. The van der Waals surface area contributed by atoms with Gasteiger partial charge < -0.3 is 0 Å². The molecule has 4 nitrogen and oxygen atoms in total. The first-order valence-electron chi connectivity index (χ1n) is 7.06. The van der Waals surface area contributed by atoms with Crippen LogP contribution in [0.5, 0.6) is 0 Å². The zero-order valence-corrected chi connectivity index (χ0v) is 14.3. The van der Waals surface area contributed by atoms with Gasteiger partial charge in [0.05, 0.1) is 5.69 Å². The third-order valence-electron chi connectivity index (χ3n) is 3.10. The Kier molecular flexibility index (Phi) is 5.40. The van der Waals surface area contributed by atoms with Crippen molar-refractivity contribution in [2.45, 2.75) is 30.3 Å². The quantitative estimate of drug-likeness (QED) is 0.436. The zero-order chi connectivity index (χ0) is 18.9. The summed E-state index contributed by atoms with van der Waals surface area (Å²) in [5, 5.41) is 3.37. The third kappa shape index (κ3) is 3.94. The fourth-order valence-electron chi connectivity index (χ4n) is 2.17. The Morgan fingerprint density at radius 3 is 2.40 bits per heavy atom. The number of halogens is 5. The summed E-state index contributed by atoms with van der Waals surface area (Å²) in [7, 11) is 1.30. The van der Waals surface area contributed by atoms with Gasteiger partial charge in [-0.2, -0.15) is 18.3 Å². The van der Waals surface area contributed by atoms with Gasteiger partial charge >= 0.3 is 6.18 Å². The molecule has 0 unspecified atom stereocenters. The Labute approximate surface area is 144 Å². The van der Waals surface area contributed by atoms with Gasteiger partial charge in [-0.3, -0.25) is 14.4 Å². The van der Waals surface area contributed by atoms with Crippen LogP contribution in [0, 0.1) is 11.6 Å². The van der Waals surface area contributed by atoms with Crippen molar-refractivity contribution < 1.29 is 26.7 Å². The molecular weight excluding hydrogens is 365 g/mol. The highest BCUT2D eigenvalue weighted by Crippen LogP contribution is 2.44. The van der Waals surface area contributed by atoms with Gasteiger partial charge in [-0.05, 0) is 12.1 Å². The minimum atomic E-state index is -4.86. The van der Waals surface area contributed by atoms with E-state index in [-0.39, 0.29) is 16.7 Å². The number of nitrogens with zero attached hydrogens (tertiary/aromatic N) is 3. The molecule has 0 atom stereocenters. The molecule has 0 N–H and O–H groups in total. The molecule has 1 heterocycles. The van der Waals surface area contributed by atoms with Crippen LogP contribution in [0.4, 0.5) is 33.3 Å². The summed E-state index contributed by atoms with van der Waals surface area (Å²) in [5.74, 6) is -2.07. The summed E-state index contributed by atoms with van der Waals surface area (Å²) >= 11 is 1.04. The minimum Gasteiger partial charge on any atom is -0.278 e. The van der Waals surface area contributed by atoms with E-state index in [0.717, 1.165) is 28.6 Å². The van der Waals surface area contributed by atoms with Crippen LogP contribution in [-0.4, -0.2) is 21.4 Å². The number of hydrogen-bond acceptors (Lipinski definition) is 3. The number of thioether (sulfide) groups is 1. The highest BCUT2D eigenvalue weighted by atomic mass is 32.2. The average Bonchev–Trinajstić information content (AvgIpc) is 2.79.